The van der Waals surface area contributed by atoms with Crippen molar-refractivity contribution in [3.63, 3.8) is 0 Å². The highest BCUT2D eigenvalue weighted by Gasteiger charge is 2.19. The van der Waals surface area contributed by atoms with E-state index in [1.165, 1.54) is 15.8 Å². The number of aryl methyl sites for hydroxylation is 2. The molecule has 0 radical (unpaired) electrons. The predicted molar refractivity (Wildman–Crippen MR) is 136 cm³/mol. The average molecular weight is 471 g/mol. The van der Waals surface area contributed by atoms with Gasteiger partial charge in [-0.3, -0.25) is 14.5 Å². The lowest BCUT2D eigenvalue weighted by atomic mass is 10.00. The highest BCUT2D eigenvalue weighted by atomic mass is 16.2. The van der Waals surface area contributed by atoms with Crippen molar-refractivity contribution in [3.05, 3.63) is 87.5 Å². The van der Waals surface area contributed by atoms with Crippen molar-refractivity contribution >= 4 is 16.8 Å². The zero-order valence-corrected chi connectivity index (χ0v) is 20.2. The highest BCUT2D eigenvalue weighted by molar-refractivity contribution is 5.83. The van der Waals surface area contributed by atoms with Gasteiger partial charge in [0.1, 0.15) is 12.1 Å². The second kappa shape index (κ2) is 9.84. The molecular weight excluding hydrogens is 440 g/mol. The first-order valence-corrected chi connectivity index (χ1v) is 12.1. The minimum absolute atomic E-state index is 0.108. The topological polar surface area (TPSA) is 85.0 Å². The van der Waals surface area contributed by atoms with Crippen LogP contribution in [0.15, 0.2) is 59.4 Å². The van der Waals surface area contributed by atoms with Gasteiger partial charge in [-0.2, -0.15) is 10.2 Å². The van der Waals surface area contributed by atoms with Crippen molar-refractivity contribution in [2.75, 3.05) is 19.6 Å². The molecule has 0 atom stereocenters. The Labute approximate surface area is 204 Å². The second-order valence-electron chi connectivity index (χ2n) is 9.10. The summed E-state index contributed by atoms with van der Waals surface area (Å²) in [6.07, 6.45) is 1.93. The third-order valence-electron chi connectivity index (χ3n) is 6.66. The zero-order valence-electron chi connectivity index (χ0n) is 20.2. The quantitative estimate of drug-likeness (QED) is 0.420. The minimum atomic E-state index is -0.299. The number of para-hydroxylation sites is 1. The fourth-order valence-corrected chi connectivity index (χ4v) is 4.81. The summed E-state index contributed by atoms with van der Waals surface area (Å²) in [6, 6.07) is 18.3. The van der Waals surface area contributed by atoms with Crippen LogP contribution < -0.4 is 10.9 Å². The molecule has 2 aromatic heterocycles. The predicted octanol–water partition coefficient (Wildman–Crippen LogP) is 2.76. The second-order valence-corrected chi connectivity index (χ2v) is 9.10. The molecule has 4 aromatic rings. The van der Waals surface area contributed by atoms with E-state index in [1.807, 2.05) is 44.2 Å². The summed E-state index contributed by atoms with van der Waals surface area (Å²) in [5.74, 6) is -0.213. The molecule has 180 valence electrons. The third-order valence-corrected chi connectivity index (χ3v) is 6.66. The largest absolute Gasteiger partial charge is 0.354 e. The standard InChI is InChI=1S/C27H30N6O2/c1-19-26-25(20(2)33(30-26)23-11-4-3-5-12-23)27(35)32(29-19)18-24(34)28-14-8-15-31-16-13-21-9-6-7-10-22(21)17-31/h3-7,9-12H,8,13-18H2,1-2H3,(H,28,34). The molecule has 0 unspecified atom stereocenters. The van der Waals surface area contributed by atoms with E-state index in [9.17, 15) is 9.59 Å². The Morgan fingerprint density at radius 2 is 1.74 bits per heavy atom. The summed E-state index contributed by atoms with van der Waals surface area (Å²) in [5.41, 5.74) is 5.33. The number of hydrogen-bond donors (Lipinski definition) is 1. The Hall–Kier alpha value is -3.78. The van der Waals surface area contributed by atoms with Crippen LogP contribution in [-0.4, -0.2) is 50.0 Å². The van der Waals surface area contributed by atoms with Gasteiger partial charge >= 0.3 is 0 Å². The molecule has 5 rings (SSSR count). The van der Waals surface area contributed by atoms with Crippen LogP contribution in [0, 0.1) is 13.8 Å². The van der Waals surface area contributed by atoms with Crippen LogP contribution in [0.5, 0.6) is 0 Å². The van der Waals surface area contributed by atoms with E-state index < -0.39 is 0 Å². The van der Waals surface area contributed by atoms with E-state index in [0.717, 1.165) is 43.9 Å². The van der Waals surface area contributed by atoms with E-state index in [-0.39, 0.29) is 18.0 Å². The summed E-state index contributed by atoms with van der Waals surface area (Å²) in [5, 5.41) is 12.4. The molecule has 2 aromatic carbocycles. The SMILES string of the molecule is Cc1nn(CC(=O)NCCCN2CCc3ccccc3C2)c(=O)c2c(C)n(-c3ccccc3)nc12. The monoisotopic (exact) mass is 470 g/mol. The molecule has 35 heavy (non-hydrogen) atoms. The van der Waals surface area contributed by atoms with Crippen LogP contribution in [0.2, 0.25) is 0 Å². The van der Waals surface area contributed by atoms with E-state index in [1.54, 1.807) is 4.68 Å². The van der Waals surface area contributed by atoms with E-state index in [0.29, 0.717) is 23.1 Å². The Balaban J connectivity index is 1.21. The van der Waals surface area contributed by atoms with Crippen LogP contribution in [0.4, 0.5) is 0 Å². The summed E-state index contributed by atoms with van der Waals surface area (Å²) in [7, 11) is 0. The number of fused-ring (bicyclic) bond motifs is 2. The van der Waals surface area contributed by atoms with E-state index in [4.69, 9.17) is 0 Å². The lowest BCUT2D eigenvalue weighted by Crippen LogP contribution is -2.36. The van der Waals surface area contributed by atoms with E-state index in [2.05, 4.69) is 44.7 Å². The maximum absolute atomic E-state index is 13.2. The maximum atomic E-state index is 13.2. The zero-order chi connectivity index (χ0) is 24.4. The number of amides is 1. The molecule has 0 bridgehead atoms. The number of benzene rings is 2. The normalized spacial score (nSPS) is 13.7. The van der Waals surface area contributed by atoms with Crippen molar-refractivity contribution < 1.29 is 4.79 Å². The van der Waals surface area contributed by atoms with Crippen LogP contribution in [0.3, 0.4) is 0 Å². The molecule has 3 heterocycles. The maximum Gasteiger partial charge on any atom is 0.278 e. The van der Waals surface area contributed by atoms with Gasteiger partial charge in [0.15, 0.2) is 0 Å². The van der Waals surface area contributed by atoms with Gasteiger partial charge in [-0.15, -0.1) is 0 Å². The number of aromatic nitrogens is 4. The molecule has 1 amide bonds. The molecule has 0 aliphatic carbocycles. The number of carbonyl (C=O) groups excluding carboxylic acids is 1. The summed E-state index contributed by atoms with van der Waals surface area (Å²) >= 11 is 0. The fraction of sp³-hybridized carbons (Fsp3) is 0.333. The van der Waals surface area contributed by atoms with Gasteiger partial charge in [-0.1, -0.05) is 42.5 Å². The number of carbonyl (C=O) groups is 1. The molecule has 1 N–H and O–H groups in total. The first-order chi connectivity index (χ1) is 17.0. The Morgan fingerprint density at radius 1 is 1.00 bits per heavy atom. The number of rotatable bonds is 7. The fourth-order valence-electron chi connectivity index (χ4n) is 4.81. The van der Waals surface area contributed by atoms with Gasteiger partial charge in [-0.05, 0) is 49.9 Å². The van der Waals surface area contributed by atoms with Crippen LogP contribution in [-0.2, 0) is 24.3 Å². The average Bonchev–Trinajstić information content (AvgIpc) is 3.23. The lowest BCUT2D eigenvalue weighted by molar-refractivity contribution is -0.121. The smallest absolute Gasteiger partial charge is 0.278 e. The molecule has 1 aliphatic rings. The van der Waals surface area contributed by atoms with Crippen molar-refractivity contribution in [1.82, 2.24) is 29.8 Å². The van der Waals surface area contributed by atoms with Crippen LogP contribution in [0.1, 0.15) is 28.9 Å². The van der Waals surface area contributed by atoms with Gasteiger partial charge in [0.2, 0.25) is 5.91 Å². The molecule has 0 fully saturated rings. The highest BCUT2D eigenvalue weighted by Crippen LogP contribution is 2.20. The molecule has 1 aliphatic heterocycles. The van der Waals surface area contributed by atoms with Gasteiger partial charge in [0, 0.05) is 26.2 Å². The van der Waals surface area contributed by atoms with Gasteiger partial charge in [0.25, 0.3) is 5.56 Å². The van der Waals surface area contributed by atoms with Crippen molar-refractivity contribution in [2.24, 2.45) is 0 Å². The molecule has 0 saturated heterocycles. The van der Waals surface area contributed by atoms with Gasteiger partial charge in [-0.25, -0.2) is 9.36 Å². The Morgan fingerprint density at radius 3 is 2.54 bits per heavy atom. The molecule has 8 heteroatoms. The first-order valence-electron chi connectivity index (χ1n) is 12.1. The number of hydrogen-bond acceptors (Lipinski definition) is 5. The molecule has 8 nitrogen and oxygen atoms in total. The lowest BCUT2D eigenvalue weighted by Gasteiger charge is -2.28. The van der Waals surface area contributed by atoms with Crippen molar-refractivity contribution in [2.45, 2.75) is 39.8 Å². The summed E-state index contributed by atoms with van der Waals surface area (Å²) < 4.78 is 3.00. The Kier molecular flexibility index (Phi) is 6.46. The molecule has 0 saturated carbocycles. The summed E-state index contributed by atoms with van der Waals surface area (Å²) in [6.45, 7) is 7.07. The van der Waals surface area contributed by atoms with Crippen molar-refractivity contribution in [1.29, 1.82) is 0 Å². The Bertz CT molecular complexity index is 1420. The third kappa shape index (κ3) is 4.74. The molecular formula is C27H30N6O2. The number of nitrogens with one attached hydrogen (secondary N) is 1. The van der Waals surface area contributed by atoms with E-state index >= 15 is 0 Å². The van der Waals surface area contributed by atoms with Gasteiger partial charge in [0.05, 0.1) is 22.5 Å². The van der Waals surface area contributed by atoms with Crippen LogP contribution >= 0.6 is 0 Å². The van der Waals surface area contributed by atoms with Gasteiger partial charge < -0.3 is 5.32 Å². The first kappa shape index (κ1) is 23.0. The number of nitrogens with zero attached hydrogens (tertiary/aromatic N) is 5. The van der Waals surface area contributed by atoms with Crippen molar-refractivity contribution in [3.8, 4) is 5.69 Å². The minimum Gasteiger partial charge on any atom is -0.354 e. The molecule has 0 spiro atoms. The summed E-state index contributed by atoms with van der Waals surface area (Å²) in [4.78, 5) is 28.2. The van der Waals surface area contributed by atoms with Crippen LogP contribution in [0.25, 0.3) is 16.6 Å².